The predicted molar refractivity (Wildman–Crippen MR) is 212 cm³/mol. The first-order valence-corrected chi connectivity index (χ1v) is 22.1. The lowest BCUT2D eigenvalue weighted by Gasteiger charge is -2.39. The van der Waals surface area contributed by atoms with Crippen molar-refractivity contribution in [3.05, 3.63) is 110 Å². The fourth-order valence-corrected chi connectivity index (χ4v) is 9.07. The average molecular weight is 738 g/mol. The van der Waals surface area contributed by atoms with Gasteiger partial charge in [-0.05, 0) is 96.3 Å². The van der Waals surface area contributed by atoms with Crippen LogP contribution in [0.1, 0.15) is 110 Å². The molecule has 1 aliphatic heterocycles. The van der Waals surface area contributed by atoms with Gasteiger partial charge in [-0.1, -0.05) is 82.5 Å². The first kappa shape index (κ1) is 38.5. The number of phenolic OH excluding ortho intramolecular Hbond substituents is 1. The molecule has 9 nitrogen and oxygen atoms in total. The largest absolute Gasteiger partial charge is 0.506 e. The number of H-pyrrole nitrogens is 1. The Morgan fingerprint density at radius 2 is 1.75 bits per heavy atom. The Labute approximate surface area is 313 Å². The highest BCUT2D eigenvalue weighted by atomic mass is 28.4. The molecular weight excluding hydrogens is 683 g/mol. The van der Waals surface area contributed by atoms with Crippen molar-refractivity contribution in [2.24, 2.45) is 0 Å². The molecular formula is C43H55N3O6Si. The normalized spacial score (nSPS) is 16.5. The number of benzene rings is 3. The number of hydrogen-bond donors (Lipinski definition) is 4. The maximum atomic E-state index is 13.3. The number of aliphatic carboxylic acids is 1. The van der Waals surface area contributed by atoms with Crippen molar-refractivity contribution in [2.45, 2.75) is 115 Å². The number of amides is 1. The molecule has 1 aliphatic carbocycles. The van der Waals surface area contributed by atoms with Crippen LogP contribution >= 0.6 is 0 Å². The number of nitrogens with zero attached hydrogens (tertiary/aromatic N) is 1. The number of carboxylic acids is 1. The topological polar surface area (TPSA) is 132 Å². The van der Waals surface area contributed by atoms with E-state index in [1.165, 1.54) is 6.07 Å². The van der Waals surface area contributed by atoms with Gasteiger partial charge in [-0.25, -0.2) is 0 Å². The lowest BCUT2D eigenvalue weighted by molar-refractivity contribution is -0.145. The first-order valence-electron chi connectivity index (χ1n) is 19.2. The van der Waals surface area contributed by atoms with Crippen LogP contribution in [0, 0.1) is 0 Å². The van der Waals surface area contributed by atoms with Crippen molar-refractivity contribution in [3.8, 4) is 5.75 Å². The third kappa shape index (κ3) is 8.30. The van der Waals surface area contributed by atoms with Crippen LogP contribution in [0.25, 0.3) is 10.9 Å². The third-order valence-corrected chi connectivity index (χ3v) is 16.4. The number of fused-ring (bicyclic) bond motifs is 2. The van der Waals surface area contributed by atoms with Crippen LogP contribution in [0.15, 0.2) is 71.5 Å². The minimum Gasteiger partial charge on any atom is -0.506 e. The summed E-state index contributed by atoms with van der Waals surface area (Å²) in [6, 6.07) is 21.0. The van der Waals surface area contributed by atoms with E-state index in [0.717, 1.165) is 77.3 Å². The van der Waals surface area contributed by atoms with Crippen molar-refractivity contribution in [1.82, 2.24) is 15.2 Å². The van der Waals surface area contributed by atoms with E-state index in [4.69, 9.17) is 4.43 Å². The molecule has 282 valence electrons. The van der Waals surface area contributed by atoms with E-state index in [1.54, 1.807) is 12.1 Å². The molecule has 53 heavy (non-hydrogen) atoms. The van der Waals surface area contributed by atoms with Gasteiger partial charge in [0.15, 0.2) is 8.32 Å². The third-order valence-electron chi connectivity index (χ3n) is 11.9. The average Bonchev–Trinajstić information content (AvgIpc) is 3.43. The van der Waals surface area contributed by atoms with Gasteiger partial charge < -0.3 is 29.8 Å². The van der Waals surface area contributed by atoms with Gasteiger partial charge in [0.2, 0.25) is 5.56 Å². The van der Waals surface area contributed by atoms with E-state index in [9.17, 15) is 24.6 Å². The van der Waals surface area contributed by atoms with E-state index in [0.29, 0.717) is 44.5 Å². The number of aromatic nitrogens is 1. The zero-order chi connectivity index (χ0) is 38.0. The van der Waals surface area contributed by atoms with Gasteiger partial charge in [-0.15, -0.1) is 0 Å². The highest BCUT2D eigenvalue weighted by Crippen LogP contribution is 2.42. The number of aromatic hydroxyl groups is 1. The number of carbonyl (C=O) groups excluding carboxylic acids is 1. The van der Waals surface area contributed by atoms with Gasteiger partial charge in [0.05, 0.1) is 17.0 Å². The number of carbonyl (C=O) groups is 2. The number of rotatable bonds is 14. The van der Waals surface area contributed by atoms with Gasteiger partial charge in [-0.2, -0.15) is 0 Å². The zero-order valence-electron chi connectivity index (χ0n) is 31.9. The van der Waals surface area contributed by atoms with E-state index in [-0.39, 0.29) is 28.4 Å². The molecule has 4 aromatic rings. The number of nitrogens with one attached hydrogen (secondary N) is 2. The molecule has 10 heteroatoms. The second-order valence-electron chi connectivity index (χ2n) is 16.6. The van der Waals surface area contributed by atoms with Crippen LogP contribution in [0.4, 0.5) is 0 Å². The molecule has 2 aliphatic rings. The minimum atomic E-state index is -2.21. The van der Waals surface area contributed by atoms with Crippen LogP contribution in [0.2, 0.25) is 18.1 Å². The molecule has 4 N–H and O–H groups in total. The first-order chi connectivity index (χ1) is 25.2. The van der Waals surface area contributed by atoms with Crippen molar-refractivity contribution >= 4 is 31.1 Å². The zero-order valence-corrected chi connectivity index (χ0v) is 32.9. The maximum absolute atomic E-state index is 13.3. The Morgan fingerprint density at radius 3 is 2.49 bits per heavy atom. The summed E-state index contributed by atoms with van der Waals surface area (Å²) >= 11 is 0. The molecule has 0 bridgehead atoms. The summed E-state index contributed by atoms with van der Waals surface area (Å²) in [7, 11) is -2.21. The summed E-state index contributed by atoms with van der Waals surface area (Å²) < 4.78 is 6.96. The molecule has 1 aromatic heterocycles. The lowest BCUT2D eigenvalue weighted by Crippen LogP contribution is -2.43. The second kappa shape index (κ2) is 15.6. The molecule has 1 amide bonds. The molecule has 0 spiro atoms. The molecule has 1 atom stereocenters. The van der Waals surface area contributed by atoms with E-state index in [2.05, 4.69) is 62.4 Å². The van der Waals surface area contributed by atoms with Gasteiger partial charge in [0, 0.05) is 43.2 Å². The van der Waals surface area contributed by atoms with E-state index in [1.807, 2.05) is 35.2 Å². The Kier molecular flexibility index (Phi) is 11.3. The van der Waals surface area contributed by atoms with Crippen LogP contribution in [0.3, 0.4) is 0 Å². The lowest BCUT2D eigenvalue weighted by atomic mass is 9.69. The van der Waals surface area contributed by atoms with Crippen LogP contribution < -0.4 is 10.9 Å². The van der Waals surface area contributed by atoms with Crippen LogP contribution in [-0.2, 0) is 34.1 Å². The number of unbranched alkanes of at least 4 members (excludes halogenated alkanes) is 1. The fraction of sp³-hybridized carbons (Fsp3) is 0.465. The number of aromatic amines is 1. The van der Waals surface area contributed by atoms with Gasteiger partial charge in [0.1, 0.15) is 5.75 Å². The molecule has 2 heterocycles. The number of aryl methyl sites for hydroxylation is 1. The van der Waals surface area contributed by atoms with E-state index >= 15 is 0 Å². The Bertz CT molecular complexity index is 2030. The summed E-state index contributed by atoms with van der Waals surface area (Å²) in [5.74, 6) is -0.609. The van der Waals surface area contributed by atoms with Gasteiger partial charge in [-0.3, -0.25) is 14.4 Å². The summed E-state index contributed by atoms with van der Waals surface area (Å²) in [5.41, 5.74) is 5.25. The Balaban J connectivity index is 1.06. The highest BCUT2D eigenvalue weighted by Gasteiger charge is 2.42. The SMILES string of the molecule is CC(C)(C)[Si](C)(C)O[C@@H](CNCc1ccc2c(c1)CN(CCCCc1cccc(C3(C(=O)O)CCCCC3)c1)C2=O)c1ccc(O)c2[nH]c(=O)ccc12. The quantitative estimate of drug-likeness (QED) is 0.0756. The summed E-state index contributed by atoms with van der Waals surface area (Å²) in [6.07, 6.45) is 6.75. The van der Waals surface area contributed by atoms with Crippen molar-refractivity contribution in [2.75, 3.05) is 13.1 Å². The van der Waals surface area contributed by atoms with E-state index < -0.39 is 19.7 Å². The van der Waals surface area contributed by atoms with Crippen LogP contribution in [0.5, 0.6) is 5.75 Å². The van der Waals surface area contributed by atoms with Crippen molar-refractivity contribution < 1.29 is 24.2 Å². The monoisotopic (exact) mass is 737 g/mol. The summed E-state index contributed by atoms with van der Waals surface area (Å²) in [5, 5.41) is 25.0. The molecule has 1 saturated carbocycles. The Morgan fingerprint density at radius 1 is 0.981 bits per heavy atom. The predicted octanol–water partition coefficient (Wildman–Crippen LogP) is 8.35. The van der Waals surface area contributed by atoms with Crippen molar-refractivity contribution in [3.63, 3.8) is 0 Å². The van der Waals surface area contributed by atoms with Gasteiger partial charge in [0.25, 0.3) is 5.91 Å². The highest BCUT2D eigenvalue weighted by molar-refractivity contribution is 6.74. The Hall–Kier alpha value is -4.25. The second-order valence-corrected chi connectivity index (χ2v) is 21.4. The standard InChI is InChI=1S/C43H55N3O6Si/c1-42(2,3)53(4,5)52-37(34-17-19-36(47)39-35(34)18-20-38(48)45-39)27-44-26-30-15-16-33-31(24-30)28-46(40(33)49)23-10-7-12-29-13-11-14-32(25-29)43(41(50)51)21-8-6-9-22-43/h11,13-20,24-25,37,44,47H,6-10,12,21-23,26-28H2,1-5H3,(H,45,48)(H,50,51)/t37-/m0/s1. The molecule has 0 unspecified atom stereocenters. The molecule has 3 aromatic carbocycles. The summed E-state index contributed by atoms with van der Waals surface area (Å²) in [6.45, 7) is 13.4. The van der Waals surface area contributed by atoms with Crippen LogP contribution in [-0.4, -0.2) is 53.4 Å². The number of phenols is 1. The number of carboxylic acid groups (broad SMARTS) is 1. The number of pyridine rings is 1. The smallest absolute Gasteiger partial charge is 0.314 e. The molecule has 0 radical (unpaired) electrons. The molecule has 6 rings (SSSR count). The fourth-order valence-electron chi connectivity index (χ4n) is 7.80. The molecule has 1 fully saturated rings. The van der Waals surface area contributed by atoms with Crippen molar-refractivity contribution in [1.29, 1.82) is 0 Å². The molecule has 0 saturated heterocycles. The summed E-state index contributed by atoms with van der Waals surface area (Å²) in [4.78, 5) is 42.5. The number of hydrogen-bond acceptors (Lipinski definition) is 6. The maximum Gasteiger partial charge on any atom is 0.314 e. The van der Waals surface area contributed by atoms with Gasteiger partial charge >= 0.3 is 5.97 Å². The minimum absolute atomic E-state index is 0.0182.